The smallest absolute Gasteiger partial charge is 0.0593 e. The topological polar surface area (TPSA) is 50.5 Å². The number of rotatable bonds is 5. The third-order valence-electron chi connectivity index (χ3n) is 5.11. The molecule has 0 aromatic rings. The van der Waals surface area contributed by atoms with Crippen LogP contribution in [0.1, 0.15) is 65.7 Å². The summed E-state index contributed by atoms with van der Waals surface area (Å²) in [6, 6.07) is 1.21. The highest BCUT2D eigenvalue weighted by molar-refractivity contribution is 4.95. The second-order valence-corrected chi connectivity index (χ2v) is 6.87. The summed E-state index contributed by atoms with van der Waals surface area (Å²) in [4.78, 5) is 0. The van der Waals surface area contributed by atoms with E-state index >= 15 is 0 Å². The molecule has 0 saturated carbocycles. The maximum atomic E-state index is 6.16. The van der Waals surface area contributed by atoms with Gasteiger partial charge in [0.1, 0.15) is 0 Å². The maximum absolute atomic E-state index is 6.16. The summed E-state index contributed by atoms with van der Waals surface area (Å²) >= 11 is 0. The Balaban J connectivity index is 2.02. The van der Waals surface area contributed by atoms with Gasteiger partial charge in [-0.25, -0.2) is 10.4 Å². The first-order chi connectivity index (χ1) is 9.60. The van der Waals surface area contributed by atoms with Crippen LogP contribution >= 0.6 is 0 Å². The lowest BCUT2D eigenvalue weighted by Crippen LogP contribution is -2.66. The fourth-order valence-corrected chi connectivity index (χ4v) is 3.77. The zero-order valence-corrected chi connectivity index (χ0v) is 13.5. The first kappa shape index (κ1) is 16.2. The molecule has 2 fully saturated rings. The van der Waals surface area contributed by atoms with Crippen molar-refractivity contribution in [2.75, 3.05) is 13.2 Å². The number of nitrogens with one attached hydrogen (secondary N) is 1. The number of hydrazine groups is 1. The maximum Gasteiger partial charge on any atom is 0.0593 e. The van der Waals surface area contributed by atoms with Crippen molar-refractivity contribution in [3.63, 3.8) is 0 Å². The molecule has 2 heterocycles. The average molecular weight is 283 g/mol. The van der Waals surface area contributed by atoms with E-state index in [2.05, 4.69) is 31.2 Å². The van der Waals surface area contributed by atoms with Crippen molar-refractivity contribution >= 4 is 0 Å². The molecule has 2 aliphatic rings. The minimum absolute atomic E-state index is 0.0396. The van der Waals surface area contributed by atoms with Gasteiger partial charge in [0, 0.05) is 30.8 Å². The van der Waals surface area contributed by atoms with Crippen LogP contribution < -0.4 is 11.2 Å². The van der Waals surface area contributed by atoms with Crippen LogP contribution in [0, 0.1) is 0 Å². The van der Waals surface area contributed by atoms with E-state index in [-0.39, 0.29) is 5.54 Å². The second-order valence-electron chi connectivity index (χ2n) is 6.87. The minimum atomic E-state index is 0.0396. The van der Waals surface area contributed by atoms with Crippen molar-refractivity contribution in [2.45, 2.75) is 89.4 Å². The summed E-state index contributed by atoms with van der Waals surface area (Å²) in [6.07, 6.45) is 8.70. The van der Waals surface area contributed by atoms with Crippen LogP contribution in [-0.4, -0.2) is 41.9 Å². The van der Waals surface area contributed by atoms with Gasteiger partial charge in [0.25, 0.3) is 0 Å². The van der Waals surface area contributed by atoms with Crippen LogP contribution in [0.2, 0.25) is 0 Å². The minimum Gasteiger partial charge on any atom is -0.378 e. The molecule has 2 aliphatic heterocycles. The van der Waals surface area contributed by atoms with Gasteiger partial charge in [-0.15, -0.1) is 0 Å². The summed E-state index contributed by atoms with van der Waals surface area (Å²) in [7, 11) is 0. The molecule has 118 valence electrons. The van der Waals surface area contributed by atoms with Gasteiger partial charge in [-0.3, -0.25) is 0 Å². The highest BCUT2D eigenvalue weighted by Crippen LogP contribution is 2.29. The molecule has 0 amide bonds. The SMILES string of the molecule is CCCC1CC(CN)(NN2C(C)CCCC2C)CCO1. The molecule has 4 nitrogen and oxygen atoms in total. The van der Waals surface area contributed by atoms with Crippen molar-refractivity contribution in [3.8, 4) is 0 Å². The number of piperidine rings is 1. The predicted octanol–water partition coefficient (Wildman–Crippen LogP) is 2.43. The number of hydrogen-bond donors (Lipinski definition) is 2. The summed E-state index contributed by atoms with van der Waals surface area (Å²) in [6.45, 7) is 8.42. The Morgan fingerprint density at radius 2 is 2.00 bits per heavy atom. The van der Waals surface area contributed by atoms with Crippen molar-refractivity contribution in [2.24, 2.45) is 5.73 Å². The molecule has 0 aliphatic carbocycles. The van der Waals surface area contributed by atoms with Gasteiger partial charge in [-0.05, 0) is 46.0 Å². The van der Waals surface area contributed by atoms with E-state index in [9.17, 15) is 0 Å². The van der Waals surface area contributed by atoms with Crippen molar-refractivity contribution in [1.29, 1.82) is 0 Å². The number of hydrogen-bond acceptors (Lipinski definition) is 4. The molecule has 2 rings (SSSR count). The predicted molar refractivity (Wildman–Crippen MR) is 83.4 cm³/mol. The van der Waals surface area contributed by atoms with Crippen LogP contribution in [-0.2, 0) is 4.74 Å². The average Bonchev–Trinajstić information content (AvgIpc) is 2.44. The van der Waals surface area contributed by atoms with Gasteiger partial charge < -0.3 is 10.5 Å². The molecule has 0 aromatic carbocycles. The number of ether oxygens (including phenoxy) is 1. The first-order valence-corrected chi connectivity index (χ1v) is 8.48. The highest BCUT2D eigenvalue weighted by Gasteiger charge is 2.39. The lowest BCUT2D eigenvalue weighted by molar-refractivity contribution is -0.0750. The van der Waals surface area contributed by atoms with Crippen molar-refractivity contribution in [1.82, 2.24) is 10.4 Å². The Labute approximate surface area is 124 Å². The molecule has 0 bridgehead atoms. The quantitative estimate of drug-likeness (QED) is 0.813. The summed E-state index contributed by atoms with van der Waals surface area (Å²) in [5.41, 5.74) is 10.0. The third-order valence-corrected chi connectivity index (χ3v) is 5.11. The van der Waals surface area contributed by atoms with Crippen LogP contribution in [0.3, 0.4) is 0 Å². The summed E-state index contributed by atoms with van der Waals surface area (Å²) < 4.78 is 5.90. The largest absolute Gasteiger partial charge is 0.378 e. The zero-order chi connectivity index (χ0) is 14.6. The molecule has 0 aromatic heterocycles. The van der Waals surface area contributed by atoms with E-state index in [1.54, 1.807) is 0 Å². The summed E-state index contributed by atoms with van der Waals surface area (Å²) in [5, 5.41) is 2.48. The van der Waals surface area contributed by atoms with Gasteiger partial charge in [-0.2, -0.15) is 0 Å². The Morgan fingerprint density at radius 1 is 1.30 bits per heavy atom. The molecule has 0 radical (unpaired) electrons. The molecule has 3 N–H and O–H groups in total. The van der Waals surface area contributed by atoms with Gasteiger partial charge >= 0.3 is 0 Å². The van der Waals surface area contributed by atoms with E-state index in [1.807, 2.05) is 0 Å². The van der Waals surface area contributed by atoms with Crippen molar-refractivity contribution in [3.05, 3.63) is 0 Å². The number of nitrogens with zero attached hydrogens (tertiary/aromatic N) is 1. The second kappa shape index (κ2) is 7.21. The Hall–Kier alpha value is -0.160. The molecular formula is C16H33N3O. The Morgan fingerprint density at radius 3 is 2.60 bits per heavy atom. The third kappa shape index (κ3) is 3.73. The molecule has 20 heavy (non-hydrogen) atoms. The number of nitrogens with two attached hydrogens (primary N) is 1. The van der Waals surface area contributed by atoms with E-state index in [1.165, 1.54) is 25.7 Å². The van der Waals surface area contributed by atoms with Crippen LogP contribution in [0.5, 0.6) is 0 Å². The molecular weight excluding hydrogens is 250 g/mol. The van der Waals surface area contributed by atoms with Crippen LogP contribution in [0.15, 0.2) is 0 Å². The molecule has 4 atom stereocenters. The van der Waals surface area contributed by atoms with Gasteiger partial charge in [0.15, 0.2) is 0 Å². The fourth-order valence-electron chi connectivity index (χ4n) is 3.77. The normalized spacial score (nSPS) is 39.9. The standard InChI is InChI=1S/C16H33N3O/c1-4-6-15-11-16(12-17,9-10-20-15)18-19-13(2)7-5-8-14(19)3/h13-15,18H,4-12,17H2,1-3H3. The van der Waals surface area contributed by atoms with E-state index in [0.29, 0.717) is 24.7 Å². The monoisotopic (exact) mass is 283 g/mol. The zero-order valence-electron chi connectivity index (χ0n) is 13.5. The van der Waals surface area contributed by atoms with E-state index in [0.717, 1.165) is 25.9 Å². The lowest BCUT2D eigenvalue weighted by Gasteiger charge is -2.49. The van der Waals surface area contributed by atoms with Crippen LogP contribution in [0.4, 0.5) is 0 Å². The van der Waals surface area contributed by atoms with Crippen LogP contribution in [0.25, 0.3) is 0 Å². The Kier molecular flexibility index (Phi) is 5.84. The molecule has 0 spiro atoms. The lowest BCUT2D eigenvalue weighted by atomic mass is 9.85. The van der Waals surface area contributed by atoms with Gasteiger partial charge in [0.05, 0.1) is 6.10 Å². The van der Waals surface area contributed by atoms with Gasteiger partial charge in [-0.1, -0.05) is 19.8 Å². The fraction of sp³-hybridized carbons (Fsp3) is 1.00. The molecule has 4 unspecified atom stereocenters. The van der Waals surface area contributed by atoms with Gasteiger partial charge in [0.2, 0.25) is 0 Å². The van der Waals surface area contributed by atoms with Crippen molar-refractivity contribution < 1.29 is 4.74 Å². The molecule has 4 heteroatoms. The Bertz CT molecular complexity index is 287. The van der Waals surface area contributed by atoms with E-state index in [4.69, 9.17) is 10.5 Å². The first-order valence-electron chi connectivity index (χ1n) is 8.48. The molecule has 2 saturated heterocycles. The highest BCUT2D eigenvalue weighted by atomic mass is 16.5. The summed E-state index contributed by atoms with van der Waals surface area (Å²) in [5.74, 6) is 0. The van der Waals surface area contributed by atoms with E-state index < -0.39 is 0 Å².